The number of aromatic nitrogens is 3. The van der Waals surface area contributed by atoms with Gasteiger partial charge in [0.1, 0.15) is 11.6 Å². The van der Waals surface area contributed by atoms with Crippen LogP contribution in [0.5, 0.6) is 5.75 Å². The van der Waals surface area contributed by atoms with Gasteiger partial charge in [-0.05, 0) is 103 Å². The van der Waals surface area contributed by atoms with E-state index in [9.17, 15) is 7.85 Å². The SMILES string of the molecule is [2H]c1c(-c2nc3c(-c4cccc(-c5cc(-c6ccc(C(C)(C)C)cc6)ccn5)c4)cccc3n2-c2ccc(C(C)(C)C)cc2-c2ccccc2)c(O)c(C(C([2H])([2H])[2H])(C([2H])([2H])[2H])C([2H])([2H])[2H])c([2H])c1C(C([2H])([2H])[2H])(C([2H])([2H])[2H])C([2H])([2H])[2H]. The smallest absolute Gasteiger partial charge is 0.149 e. The molecule has 0 fully saturated rings. The minimum absolute atomic E-state index is 0.0634. The number of para-hydroxylation sites is 1. The highest BCUT2D eigenvalue weighted by molar-refractivity contribution is 5.97. The second kappa shape index (κ2) is 15.6. The Hall–Kier alpha value is -6.26. The Bertz CT molecular complexity index is 3570. The molecule has 1 N–H and O–H groups in total. The third-order valence-corrected chi connectivity index (χ3v) is 11.1. The fourth-order valence-electron chi connectivity index (χ4n) is 7.71. The molecular formula is C58H61N3O. The quantitative estimate of drug-likeness (QED) is 0.182. The summed E-state index contributed by atoms with van der Waals surface area (Å²) >= 11 is 0. The van der Waals surface area contributed by atoms with Crippen molar-refractivity contribution in [2.45, 2.75) is 104 Å². The van der Waals surface area contributed by atoms with Gasteiger partial charge in [-0.25, -0.2) is 4.98 Å². The Balaban J connectivity index is 1.59. The number of rotatable bonds is 6. The highest BCUT2D eigenvalue weighted by Gasteiger charge is 2.30. The van der Waals surface area contributed by atoms with E-state index in [-0.39, 0.29) is 22.1 Å². The average molecular weight is 836 g/mol. The predicted octanol–water partition coefficient (Wildman–Crippen LogP) is 15.7. The molecule has 0 bridgehead atoms. The highest BCUT2D eigenvalue weighted by atomic mass is 16.3. The lowest BCUT2D eigenvalue weighted by molar-refractivity contribution is 0.446. The van der Waals surface area contributed by atoms with E-state index in [1.807, 2.05) is 63.2 Å². The molecule has 0 aliphatic heterocycles. The summed E-state index contributed by atoms with van der Waals surface area (Å²) in [5, 5.41) is 13.1. The van der Waals surface area contributed by atoms with Crippen molar-refractivity contribution in [1.82, 2.24) is 14.5 Å². The molecule has 0 unspecified atom stereocenters. The fourth-order valence-corrected chi connectivity index (χ4v) is 7.71. The molecule has 62 heavy (non-hydrogen) atoms. The summed E-state index contributed by atoms with van der Waals surface area (Å²) in [4.78, 5) is 9.77. The summed E-state index contributed by atoms with van der Waals surface area (Å²) in [6.07, 6.45) is 1.69. The van der Waals surface area contributed by atoms with Crippen molar-refractivity contribution in [2.75, 3.05) is 0 Å². The molecule has 0 amide bonds. The van der Waals surface area contributed by atoms with Gasteiger partial charge >= 0.3 is 0 Å². The van der Waals surface area contributed by atoms with E-state index in [4.69, 9.17) is 34.6 Å². The van der Waals surface area contributed by atoms with Crippen molar-refractivity contribution in [3.63, 3.8) is 0 Å². The van der Waals surface area contributed by atoms with Crippen LogP contribution in [0.4, 0.5) is 0 Å². The number of aromatic hydroxyl groups is 1. The Labute approximate surface area is 397 Å². The Morgan fingerprint density at radius 1 is 0.516 bits per heavy atom. The lowest BCUT2D eigenvalue weighted by Gasteiger charge is -2.28. The van der Waals surface area contributed by atoms with Gasteiger partial charge in [0.15, 0.2) is 0 Å². The Kier molecular flexibility index (Phi) is 6.13. The summed E-state index contributed by atoms with van der Waals surface area (Å²) < 4.78 is 179. The molecule has 314 valence electrons. The molecule has 0 atom stereocenters. The van der Waals surface area contributed by atoms with Crippen LogP contribution in [-0.4, -0.2) is 19.6 Å². The van der Waals surface area contributed by atoms with Crippen LogP contribution in [0.2, 0.25) is 0 Å². The van der Waals surface area contributed by atoms with Gasteiger partial charge in [-0.1, -0.05) is 180 Å². The Morgan fingerprint density at radius 2 is 1.18 bits per heavy atom. The maximum absolute atomic E-state index is 13.1. The van der Waals surface area contributed by atoms with E-state index < -0.39 is 97.7 Å². The van der Waals surface area contributed by atoms with Crippen LogP contribution in [0.25, 0.3) is 72.7 Å². The molecule has 2 aromatic heterocycles. The standard InChI is InChI=1S/C58H61N3O/c1-55(2,3)42-26-24-37(25-27-42)39-30-31-59-49(33-39)41-21-16-20-40(32-41)45-22-17-23-51-52(45)60-54(47-35-44(57(7,8)9)36-48(53(47)62)58(10,11)12)61(51)50-29-28-43(56(4,5)6)34-46(50)38-18-14-13-15-19-38/h13-36,62H,1-12H3/i7D3,8D3,9D3,10D3,11D3,12D3,35D,36D. The largest absolute Gasteiger partial charge is 0.507 e. The van der Waals surface area contributed by atoms with Crippen LogP contribution in [0.3, 0.4) is 0 Å². The monoisotopic (exact) mass is 836 g/mol. The summed E-state index contributed by atoms with van der Waals surface area (Å²) in [6, 6.07) is 35.0. The van der Waals surface area contributed by atoms with Crippen molar-refractivity contribution in [2.24, 2.45) is 0 Å². The minimum Gasteiger partial charge on any atom is -0.507 e. The lowest BCUT2D eigenvalue weighted by atomic mass is 9.79. The van der Waals surface area contributed by atoms with Crippen LogP contribution in [0.1, 0.15) is 132 Å². The van der Waals surface area contributed by atoms with Crippen molar-refractivity contribution >= 4 is 11.0 Å². The summed E-state index contributed by atoms with van der Waals surface area (Å²) in [5.41, 5.74) is -6.76. The number of phenolic OH excluding ortho intramolecular Hbond substituents is 1. The number of hydrogen-bond acceptors (Lipinski definition) is 3. The predicted molar refractivity (Wildman–Crippen MR) is 263 cm³/mol. The van der Waals surface area contributed by atoms with Gasteiger partial charge in [0, 0.05) is 53.1 Å². The van der Waals surface area contributed by atoms with Crippen LogP contribution < -0.4 is 0 Å². The van der Waals surface area contributed by atoms with E-state index >= 15 is 0 Å². The number of benzene rings is 6. The molecule has 8 aromatic rings. The zero-order valence-corrected chi connectivity index (χ0v) is 35.5. The molecule has 0 aliphatic carbocycles. The normalized spacial score (nSPS) is 18.5. The van der Waals surface area contributed by atoms with E-state index in [0.717, 1.165) is 22.3 Å². The number of phenols is 1. The minimum atomic E-state index is -4.41. The molecule has 0 saturated heterocycles. The van der Waals surface area contributed by atoms with Crippen molar-refractivity contribution in [1.29, 1.82) is 0 Å². The molecule has 0 spiro atoms. The number of pyridine rings is 1. The van der Waals surface area contributed by atoms with Gasteiger partial charge < -0.3 is 5.11 Å². The van der Waals surface area contributed by atoms with Crippen LogP contribution in [-0.2, 0) is 21.7 Å². The first-order valence-corrected chi connectivity index (χ1v) is 20.3. The maximum Gasteiger partial charge on any atom is 0.149 e. The van der Waals surface area contributed by atoms with Crippen molar-refractivity contribution in [3.8, 4) is 67.5 Å². The third kappa shape index (κ3) is 8.23. The average Bonchev–Trinajstić information content (AvgIpc) is 1.62. The van der Waals surface area contributed by atoms with Gasteiger partial charge in [0.05, 0.1) is 30.7 Å². The highest BCUT2D eigenvalue weighted by Crippen LogP contribution is 2.46. The van der Waals surface area contributed by atoms with Gasteiger partial charge in [0.25, 0.3) is 0 Å². The van der Waals surface area contributed by atoms with Crippen molar-refractivity contribution in [3.05, 3.63) is 168 Å². The van der Waals surface area contributed by atoms with Gasteiger partial charge in [-0.2, -0.15) is 0 Å². The molecule has 4 heteroatoms. The molecule has 0 aliphatic rings. The second-order valence-electron chi connectivity index (χ2n) is 17.9. The van der Waals surface area contributed by atoms with E-state index in [1.165, 1.54) is 4.57 Å². The summed E-state index contributed by atoms with van der Waals surface area (Å²) in [6.45, 7) is -13.5. The topological polar surface area (TPSA) is 50.9 Å². The molecule has 8 rings (SSSR count). The number of hydrogen-bond donors (Lipinski definition) is 1. The number of imidazole rings is 1. The van der Waals surface area contributed by atoms with Crippen molar-refractivity contribution < 1.29 is 32.5 Å². The first-order valence-electron chi connectivity index (χ1n) is 30.3. The van der Waals surface area contributed by atoms with E-state index in [2.05, 4.69) is 32.9 Å². The van der Waals surface area contributed by atoms with Gasteiger partial charge in [-0.15, -0.1) is 0 Å². The number of fused-ring (bicyclic) bond motifs is 1. The summed E-state index contributed by atoms with van der Waals surface area (Å²) in [5.74, 6) is -2.34. The number of nitrogens with zero attached hydrogens (tertiary/aromatic N) is 3. The maximum atomic E-state index is 13.1. The van der Waals surface area contributed by atoms with Crippen LogP contribution >= 0.6 is 0 Å². The molecule has 0 radical (unpaired) electrons. The fraction of sp³-hybridized carbons (Fsp3) is 0.276. The third-order valence-electron chi connectivity index (χ3n) is 11.1. The molecule has 0 saturated carbocycles. The van der Waals surface area contributed by atoms with E-state index in [0.29, 0.717) is 33.5 Å². The first-order chi connectivity index (χ1) is 37.5. The summed E-state index contributed by atoms with van der Waals surface area (Å²) in [7, 11) is 0. The van der Waals surface area contributed by atoms with Gasteiger partial charge in [0.2, 0.25) is 0 Å². The van der Waals surface area contributed by atoms with E-state index in [1.54, 1.807) is 79.0 Å². The second-order valence-corrected chi connectivity index (χ2v) is 17.9. The van der Waals surface area contributed by atoms with Crippen LogP contribution in [0.15, 0.2) is 146 Å². The van der Waals surface area contributed by atoms with Crippen LogP contribution in [0, 0.1) is 0 Å². The molecular weight excluding hydrogens is 755 g/mol. The zero-order chi connectivity index (χ0) is 61.1. The van der Waals surface area contributed by atoms with Gasteiger partial charge in [-0.3, -0.25) is 9.55 Å². The molecule has 6 aromatic carbocycles. The Morgan fingerprint density at radius 3 is 1.87 bits per heavy atom. The lowest BCUT2D eigenvalue weighted by Crippen LogP contribution is -2.17. The first kappa shape index (κ1) is 24.4. The molecule has 2 heterocycles. The zero-order valence-electron chi connectivity index (χ0n) is 55.5. The molecule has 4 nitrogen and oxygen atoms in total.